The average Bonchev–Trinajstić information content (AvgIpc) is 3.04. The second kappa shape index (κ2) is 3.79. The van der Waals surface area contributed by atoms with Crippen molar-refractivity contribution >= 4 is 33.4 Å². The first kappa shape index (κ1) is 11.4. The molecule has 0 aromatic heterocycles. The molecule has 0 radical (unpaired) electrons. The van der Waals surface area contributed by atoms with Gasteiger partial charge >= 0.3 is 0 Å². The summed E-state index contributed by atoms with van der Waals surface area (Å²) in [4.78, 5) is 26.5. The topological polar surface area (TPSA) is 37.4 Å². The third-order valence-electron chi connectivity index (χ3n) is 4.54. The Labute approximate surface area is 119 Å². The van der Waals surface area contributed by atoms with Crippen molar-refractivity contribution in [1.29, 1.82) is 0 Å². The normalized spacial score (nSPS) is 35.3. The fourth-order valence-corrected chi connectivity index (χ4v) is 4.16. The van der Waals surface area contributed by atoms with Crippen LogP contribution in [0.1, 0.15) is 6.42 Å². The average molecular weight is 318 g/mol. The predicted octanol–water partition coefficient (Wildman–Crippen LogP) is 2.76. The summed E-state index contributed by atoms with van der Waals surface area (Å²) < 4.78 is 0.878. The molecule has 0 N–H and O–H groups in total. The summed E-state index contributed by atoms with van der Waals surface area (Å²) >= 11 is 3.38. The molecule has 1 aromatic carbocycles. The number of imide groups is 1. The first-order valence-electron chi connectivity index (χ1n) is 6.48. The van der Waals surface area contributed by atoms with Crippen LogP contribution in [0.5, 0.6) is 0 Å². The maximum Gasteiger partial charge on any atom is 0.238 e. The SMILES string of the molecule is O=C1[C@@H]2[C@@H](C(=O)N1c1cccc(Br)c1)[C@H]1C=C[C@@H]2C1. The number of halogens is 1. The van der Waals surface area contributed by atoms with Gasteiger partial charge in [-0.25, -0.2) is 4.90 Å². The second-order valence-corrected chi connectivity index (χ2v) is 6.41. The number of allylic oxidation sites excluding steroid dienone is 2. The fraction of sp³-hybridized carbons (Fsp3) is 0.333. The van der Waals surface area contributed by atoms with Gasteiger partial charge in [0.2, 0.25) is 11.8 Å². The van der Waals surface area contributed by atoms with Crippen LogP contribution in [0.15, 0.2) is 40.9 Å². The number of carbonyl (C=O) groups is 2. The summed E-state index contributed by atoms with van der Waals surface area (Å²) in [7, 11) is 0. The van der Waals surface area contributed by atoms with Crippen molar-refractivity contribution in [2.45, 2.75) is 6.42 Å². The zero-order valence-corrected chi connectivity index (χ0v) is 11.7. The summed E-state index contributed by atoms with van der Waals surface area (Å²) in [5.74, 6) is 0.241. The first-order valence-corrected chi connectivity index (χ1v) is 7.28. The Hall–Kier alpha value is -1.42. The molecular weight excluding hydrogens is 306 g/mol. The summed E-state index contributed by atoms with van der Waals surface area (Å²) in [5, 5.41) is 0. The number of anilines is 1. The molecule has 1 saturated carbocycles. The van der Waals surface area contributed by atoms with Gasteiger partial charge in [-0.1, -0.05) is 34.1 Å². The van der Waals surface area contributed by atoms with Crippen molar-refractivity contribution < 1.29 is 9.59 Å². The van der Waals surface area contributed by atoms with Crippen LogP contribution in [0.3, 0.4) is 0 Å². The van der Waals surface area contributed by atoms with E-state index in [1.165, 1.54) is 4.90 Å². The molecule has 1 saturated heterocycles. The zero-order chi connectivity index (χ0) is 13.1. The van der Waals surface area contributed by atoms with Gasteiger partial charge in [-0.05, 0) is 36.5 Å². The number of carbonyl (C=O) groups excluding carboxylic acids is 2. The molecule has 3 nitrogen and oxygen atoms in total. The molecule has 1 aromatic rings. The Morgan fingerprint density at radius 2 is 1.68 bits per heavy atom. The highest BCUT2D eigenvalue weighted by atomic mass is 79.9. The molecule has 0 spiro atoms. The third-order valence-corrected chi connectivity index (χ3v) is 5.03. The molecule has 4 rings (SSSR count). The number of fused-ring (bicyclic) bond motifs is 5. The summed E-state index contributed by atoms with van der Waals surface area (Å²) in [6.07, 6.45) is 5.20. The molecular formula is C15H12BrNO2. The molecule has 2 aliphatic carbocycles. The van der Waals surface area contributed by atoms with Gasteiger partial charge < -0.3 is 0 Å². The molecule has 2 bridgehead atoms. The van der Waals surface area contributed by atoms with Crippen LogP contribution in [0.25, 0.3) is 0 Å². The minimum Gasteiger partial charge on any atom is -0.274 e. The van der Waals surface area contributed by atoms with Crippen molar-refractivity contribution in [2.75, 3.05) is 4.90 Å². The number of nitrogens with zero attached hydrogens (tertiary/aromatic N) is 1. The molecule has 96 valence electrons. The lowest BCUT2D eigenvalue weighted by molar-refractivity contribution is -0.123. The highest BCUT2D eigenvalue weighted by Gasteiger charge is 2.59. The van der Waals surface area contributed by atoms with E-state index in [-0.39, 0.29) is 35.5 Å². The molecule has 1 aliphatic heterocycles. The molecule has 2 amide bonds. The van der Waals surface area contributed by atoms with E-state index in [0.29, 0.717) is 5.69 Å². The van der Waals surface area contributed by atoms with Gasteiger partial charge in [-0.15, -0.1) is 0 Å². The molecule has 19 heavy (non-hydrogen) atoms. The monoisotopic (exact) mass is 317 g/mol. The standard InChI is InChI=1S/C15H12BrNO2/c16-10-2-1-3-11(7-10)17-14(18)12-8-4-5-9(6-8)13(12)15(17)19/h1-5,7-9,12-13H,6H2/t8-,9+,12-,13-/m0/s1. The lowest BCUT2D eigenvalue weighted by atomic mass is 9.85. The van der Waals surface area contributed by atoms with Gasteiger partial charge in [0.1, 0.15) is 0 Å². The van der Waals surface area contributed by atoms with Crippen molar-refractivity contribution in [3.05, 3.63) is 40.9 Å². The molecule has 4 atom stereocenters. The molecule has 4 heteroatoms. The van der Waals surface area contributed by atoms with E-state index in [1.807, 2.05) is 24.3 Å². The number of amides is 2. The number of hydrogen-bond donors (Lipinski definition) is 0. The maximum atomic E-state index is 12.6. The van der Waals surface area contributed by atoms with E-state index in [1.54, 1.807) is 0 Å². The van der Waals surface area contributed by atoms with Gasteiger partial charge in [0.05, 0.1) is 17.5 Å². The van der Waals surface area contributed by atoms with E-state index >= 15 is 0 Å². The van der Waals surface area contributed by atoms with E-state index in [9.17, 15) is 9.59 Å². The summed E-state index contributed by atoms with van der Waals surface area (Å²) in [6.45, 7) is 0. The van der Waals surface area contributed by atoms with Crippen molar-refractivity contribution in [2.24, 2.45) is 23.7 Å². The van der Waals surface area contributed by atoms with Crippen molar-refractivity contribution in [1.82, 2.24) is 0 Å². The number of hydrogen-bond acceptors (Lipinski definition) is 2. The van der Waals surface area contributed by atoms with Crippen LogP contribution in [0.4, 0.5) is 5.69 Å². The summed E-state index contributed by atoms with van der Waals surface area (Å²) in [5.41, 5.74) is 0.679. The van der Waals surface area contributed by atoms with Crippen LogP contribution in [0.2, 0.25) is 0 Å². The van der Waals surface area contributed by atoms with Crippen LogP contribution >= 0.6 is 15.9 Å². The minimum absolute atomic E-state index is 0.0232. The molecule has 3 aliphatic rings. The lowest BCUT2D eigenvalue weighted by Gasteiger charge is -2.17. The molecule has 1 heterocycles. The third kappa shape index (κ3) is 1.43. The fourth-order valence-electron chi connectivity index (χ4n) is 3.77. The quantitative estimate of drug-likeness (QED) is 0.590. The van der Waals surface area contributed by atoms with Crippen LogP contribution < -0.4 is 4.90 Å². The largest absolute Gasteiger partial charge is 0.274 e. The smallest absolute Gasteiger partial charge is 0.238 e. The van der Waals surface area contributed by atoms with Crippen LogP contribution in [0, 0.1) is 23.7 Å². The van der Waals surface area contributed by atoms with Crippen LogP contribution in [-0.4, -0.2) is 11.8 Å². The Morgan fingerprint density at radius 3 is 2.26 bits per heavy atom. The van der Waals surface area contributed by atoms with Gasteiger partial charge in [0.15, 0.2) is 0 Å². The van der Waals surface area contributed by atoms with Gasteiger partial charge in [-0.2, -0.15) is 0 Å². The number of benzene rings is 1. The molecule has 2 fully saturated rings. The minimum atomic E-state index is -0.124. The molecule has 0 unspecified atom stereocenters. The van der Waals surface area contributed by atoms with Gasteiger partial charge in [0.25, 0.3) is 0 Å². The Kier molecular flexibility index (Phi) is 2.28. The summed E-state index contributed by atoms with van der Waals surface area (Å²) in [6, 6.07) is 7.38. The number of rotatable bonds is 1. The maximum absolute atomic E-state index is 12.6. The zero-order valence-electron chi connectivity index (χ0n) is 10.1. The van der Waals surface area contributed by atoms with Gasteiger partial charge in [-0.3, -0.25) is 9.59 Å². The predicted molar refractivity (Wildman–Crippen MR) is 74.4 cm³/mol. The van der Waals surface area contributed by atoms with Gasteiger partial charge in [0, 0.05) is 4.47 Å². The highest BCUT2D eigenvalue weighted by Crippen LogP contribution is 2.53. The lowest BCUT2D eigenvalue weighted by Crippen LogP contribution is -2.32. The van der Waals surface area contributed by atoms with Crippen LogP contribution in [-0.2, 0) is 9.59 Å². The Morgan fingerprint density at radius 1 is 1.05 bits per heavy atom. The Bertz CT molecular complexity index is 594. The van der Waals surface area contributed by atoms with Crippen molar-refractivity contribution in [3.63, 3.8) is 0 Å². The van der Waals surface area contributed by atoms with E-state index in [2.05, 4.69) is 28.1 Å². The highest BCUT2D eigenvalue weighted by molar-refractivity contribution is 9.10. The second-order valence-electron chi connectivity index (χ2n) is 5.49. The Balaban J connectivity index is 1.77. The van der Waals surface area contributed by atoms with E-state index < -0.39 is 0 Å². The first-order chi connectivity index (χ1) is 9.16. The van der Waals surface area contributed by atoms with Crippen molar-refractivity contribution in [3.8, 4) is 0 Å². The van der Waals surface area contributed by atoms with E-state index in [0.717, 1.165) is 10.9 Å². The van der Waals surface area contributed by atoms with E-state index in [4.69, 9.17) is 0 Å².